The number of hydrogen-bond donors (Lipinski definition) is 1. The van der Waals surface area contributed by atoms with Crippen molar-refractivity contribution in [3.05, 3.63) is 65.2 Å². The van der Waals surface area contributed by atoms with Crippen LogP contribution in [0.2, 0.25) is 0 Å². The number of ether oxygens (including phenoxy) is 3. The Morgan fingerprint density at radius 3 is 2.41 bits per heavy atom. The van der Waals surface area contributed by atoms with Gasteiger partial charge >= 0.3 is 0 Å². The molecule has 1 heterocycles. The van der Waals surface area contributed by atoms with Crippen LogP contribution in [-0.4, -0.2) is 54.7 Å². The molecule has 1 aliphatic rings. The zero-order chi connectivity index (χ0) is 24.8. The van der Waals surface area contributed by atoms with Gasteiger partial charge in [0.1, 0.15) is 17.3 Å². The number of nitrogens with zero attached hydrogens (tertiary/aromatic N) is 1. The summed E-state index contributed by atoms with van der Waals surface area (Å²) < 4.78 is 16.8. The first-order valence-corrected chi connectivity index (χ1v) is 11.5. The van der Waals surface area contributed by atoms with Gasteiger partial charge in [-0.05, 0) is 49.6 Å². The minimum Gasteiger partial charge on any atom is -0.507 e. The molecule has 3 rings (SSSR count). The summed E-state index contributed by atoms with van der Waals surface area (Å²) in [4.78, 5) is 27.5. The van der Waals surface area contributed by atoms with Gasteiger partial charge in [0, 0.05) is 19.2 Å². The number of ketones is 1. The molecule has 1 unspecified atom stereocenters. The van der Waals surface area contributed by atoms with Crippen molar-refractivity contribution in [3.63, 3.8) is 0 Å². The molecule has 0 aliphatic carbocycles. The van der Waals surface area contributed by atoms with Crippen LogP contribution in [0.25, 0.3) is 5.76 Å². The fraction of sp³-hybridized carbons (Fsp3) is 0.407. The van der Waals surface area contributed by atoms with Crippen LogP contribution in [0.3, 0.4) is 0 Å². The van der Waals surface area contributed by atoms with Crippen molar-refractivity contribution in [2.75, 3.05) is 26.9 Å². The number of amides is 1. The largest absolute Gasteiger partial charge is 0.507 e. The van der Waals surface area contributed by atoms with Crippen LogP contribution in [0.1, 0.15) is 44.9 Å². The summed E-state index contributed by atoms with van der Waals surface area (Å²) in [6.45, 7) is 8.92. The quantitative estimate of drug-likeness (QED) is 0.313. The first-order valence-electron chi connectivity index (χ1n) is 11.5. The topological polar surface area (TPSA) is 85.3 Å². The molecule has 0 bridgehead atoms. The van der Waals surface area contributed by atoms with E-state index in [0.717, 1.165) is 0 Å². The van der Waals surface area contributed by atoms with Crippen molar-refractivity contribution in [1.29, 1.82) is 0 Å². The third kappa shape index (κ3) is 5.78. The second kappa shape index (κ2) is 11.2. The Morgan fingerprint density at radius 1 is 1.03 bits per heavy atom. The second-order valence-electron chi connectivity index (χ2n) is 8.96. The molecule has 1 saturated heterocycles. The molecule has 7 nitrogen and oxygen atoms in total. The van der Waals surface area contributed by atoms with Crippen LogP contribution in [0, 0.1) is 5.92 Å². The number of methoxy groups -OCH3 is 1. The summed E-state index contributed by atoms with van der Waals surface area (Å²) in [7, 11) is 1.53. The molecule has 7 heteroatoms. The number of likely N-dealkylation sites (tertiary alicyclic amines) is 1. The Morgan fingerprint density at radius 2 is 1.74 bits per heavy atom. The van der Waals surface area contributed by atoms with Gasteiger partial charge in [0.2, 0.25) is 0 Å². The van der Waals surface area contributed by atoms with Crippen LogP contribution in [0.15, 0.2) is 54.1 Å². The lowest BCUT2D eigenvalue weighted by Gasteiger charge is -2.25. The fourth-order valence-corrected chi connectivity index (χ4v) is 3.83. The Hall–Kier alpha value is -3.32. The molecule has 1 fully saturated rings. The van der Waals surface area contributed by atoms with Crippen molar-refractivity contribution in [2.45, 2.75) is 39.8 Å². The van der Waals surface area contributed by atoms with Crippen LogP contribution in [0.5, 0.6) is 11.5 Å². The third-order valence-electron chi connectivity index (χ3n) is 5.31. The van der Waals surface area contributed by atoms with Crippen molar-refractivity contribution >= 4 is 17.4 Å². The van der Waals surface area contributed by atoms with Crippen LogP contribution in [0.4, 0.5) is 0 Å². The van der Waals surface area contributed by atoms with E-state index >= 15 is 0 Å². The maximum atomic E-state index is 13.1. The smallest absolute Gasteiger partial charge is 0.295 e. The van der Waals surface area contributed by atoms with Gasteiger partial charge < -0.3 is 24.2 Å². The highest BCUT2D eigenvalue weighted by Crippen LogP contribution is 2.40. The number of aliphatic hydroxyl groups is 1. The monoisotopic (exact) mass is 467 g/mol. The number of benzene rings is 2. The maximum Gasteiger partial charge on any atom is 0.295 e. The number of carbonyl (C=O) groups is 2. The van der Waals surface area contributed by atoms with E-state index in [4.69, 9.17) is 14.2 Å². The van der Waals surface area contributed by atoms with Gasteiger partial charge in [-0.2, -0.15) is 0 Å². The summed E-state index contributed by atoms with van der Waals surface area (Å²) in [6, 6.07) is 13.4. The molecular weight excluding hydrogens is 434 g/mol. The first-order chi connectivity index (χ1) is 16.2. The number of Topliss-reactive ketones (excluding diaryl/α,β-unsaturated/α-hetero) is 1. The minimum absolute atomic E-state index is 0.0313. The fourth-order valence-electron chi connectivity index (χ4n) is 3.83. The number of carbonyl (C=O) groups excluding carboxylic acids is 2. The van der Waals surface area contributed by atoms with Gasteiger partial charge in [0.15, 0.2) is 0 Å². The maximum absolute atomic E-state index is 13.1. The Bertz CT molecular complexity index is 1060. The van der Waals surface area contributed by atoms with Crippen molar-refractivity contribution < 1.29 is 28.9 Å². The highest BCUT2D eigenvalue weighted by Gasteiger charge is 2.46. The molecule has 0 aromatic heterocycles. The highest BCUT2D eigenvalue weighted by atomic mass is 16.5. The van der Waals surface area contributed by atoms with E-state index in [1.807, 2.05) is 38.1 Å². The average Bonchev–Trinajstić information content (AvgIpc) is 3.05. The summed E-state index contributed by atoms with van der Waals surface area (Å²) in [5.74, 6) is -0.111. The molecule has 34 heavy (non-hydrogen) atoms. The summed E-state index contributed by atoms with van der Waals surface area (Å²) in [5.41, 5.74) is 1.11. The highest BCUT2D eigenvalue weighted by molar-refractivity contribution is 6.46. The molecule has 2 aromatic rings. The number of rotatable bonds is 10. The van der Waals surface area contributed by atoms with Gasteiger partial charge in [-0.3, -0.25) is 9.59 Å². The van der Waals surface area contributed by atoms with Crippen LogP contribution >= 0.6 is 0 Å². The molecule has 1 aliphatic heterocycles. The minimum atomic E-state index is -0.771. The SMILES string of the molecule is COCCN1C(=O)C(=O)/C(=C(\O)c2cccc(OC(C)C)c2)C1c1cccc(OCC(C)C)c1. The second-order valence-corrected chi connectivity index (χ2v) is 8.96. The van der Waals surface area contributed by atoms with E-state index in [9.17, 15) is 14.7 Å². The van der Waals surface area contributed by atoms with E-state index in [2.05, 4.69) is 13.8 Å². The predicted molar refractivity (Wildman–Crippen MR) is 130 cm³/mol. The molecular formula is C27H33NO6. The van der Waals surface area contributed by atoms with Crippen molar-refractivity contribution in [2.24, 2.45) is 5.92 Å². The van der Waals surface area contributed by atoms with Crippen molar-refractivity contribution in [1.82, 2.24) is 4.90 Å². The van der Waals surface area contributed by atoms with Gasteiger partial charge in [-0.15, -0.1) is 0 Å². The van der Waals surface area contributed by atoms with Crippen LogP contribution in [-0.2, 0) is 14.3 Å². The first kappa shape index (κ1) is 25.3. The summed E-state index contributed by atoms with van der Waals surface area (Å²) in [5, 5.41) is 11.2. The zero-order valence-corrected chi connectivity index (χ0v) is 20.4. The summed E-state index contributed by atoms with van der Waals surface area (Å²) >= 11 is 0. The standard InChI is InChI=1S/C27H33NO6/c1-17(2)16-33-21-10-6-8-19(14-21)24-23(26(30)27(31)28(24)12-13-32-5)25(29)20-9-7-11-22(15-20)34-18(3)4/h6-11,14-15,17-18,24,29H,12-13,16H2,1-5H3/b25-23-. The third-order valence-corrected chi connectivity index (χ3v) is 5.31. The molecule has 1 atom stereocenters. The molecule has 0 saturated carbocycles. The van der Waals surface area contributed by atoms with E-state index in [-0.39, 0.29) is 30.6 Å². The number of hydrogen-bond acceptors (Lipinski definition) is 6. The van der Waals surface area contributed by atoms with Gasteiger partial charge in [0.05, 0.1) is 30.9 Å². The van der Waals surface area contributed by atoms with Gasteiger partial charge in [0.25, 0.3) is 11.7 Å². The number of aliphatic hydroxyl groups excluding tert-OH is 1. The molecule has 1 amide bonds. The lowest BCUT2D eigenvalue weighted by Crippen LogP contribution is -2.32. The molecule has 0 spiro atoms. The van der Waals surface area contributed by atoms with E-state index in [1.165, 1.54) is 12.0 Å². The van der Waals surface area contributed by atoms with E-state index in [1.54, 1.807) is 24.3 Å². The lowest BCUT2D eigenvalue weighted by molar-refractivity contribution is -0.140. The Kier molecular flexibility index (Phi) is 8.34. The van der Waals surface area contributed by atoms with E-state index in [0.29, 0.717) is 35.2 Å². The molecule has 1 N–H and O–H groups in total. The molecule has 2 aromatic carbocycles. The molecule has 0 radical (unpaired) electrons. The lowest BCUT2D eigenvalue weighted by atomic mass is 9.95. The van der Waals surface area contributed by atoms with Gasteiger partial charge in [-0.25, -0.2) is 0 Å². The molecule has 182 valence electrons. The van der Waals surface area contributed by atoms with Crippen LogP contribution < -0.4 is 9.47 Å². The van der Waals surface area contributed by atoms with E-state index < -0.39 is 17.7 Å². The van der Waals surface area contributed by atoms with Gasteiger partial charge in [-0.1, -0.05) is 38.1 Å². The van der Waals surface area contributed by atoms with Crippen molar-refractivity contribution in [3.8, 4) is 11.5 Å². The Balaban J connectivity index is 2.10. The Labute approximate surface area is 200 Å². The average molecular weight is 468 g/mol. The predicted octanol–water partition coefficient (Wildman–Crippen LogP) is 4.58. The zero-order valence-electron chi connectivity index (χ0n) is 20.4. The normalized spacial score (nSPS) is 17.6. The summed E-state index contributed by atoms with van der Waals surface area (Å²) in [6.07, 6.45) is -0.0504.